The first-order valence-corrected chi connectivity index (χ1v) is 14.5. The van der Waals surface area contributed by atoms with Gasteiger partial charge in [-0.05, 0) is 52.0 Å². The minimum absolute atomic E-state index is 0.0165. The first-order chi connectivity index (χ1) is 17.3. The summed E-state index contributed by atoms with van der Waals surface area (Å²) in [5.41, 5.74) is 1.73. The number of rotatable bonds is 9. The molecule has 12 heteroatoms. The van der Waals surface area contributed by atoms with Gasteiger partial charge >= 0.3 is 0 Å². The van der Waals surface area contributed by atoms with Gasteiger partial charge in [-0.2, -0.15) is 22.1 Å². The summed E-state index contributed by atoms with van der Waals surface area (Å²) in [5, 5.41) is 9.19. The van der Waals surface area contributed by atoms with Crippen LogP contribution in [-0.2, 0) is 42.8 Å². The van der Waals surface area contributed by atoms with Gasteiger partial charge in [0.1, 0.15) is 18.3 Å². The van der Waals surface area contributed by atoms with Crippen LogP contribution in [-0.4, -0.2) is 53.3 Å². The summed E-state index contributed by atoms with van der Waals surface area (Å²) in [6.45, 7) is 6.33. The number of benzene rings is 2. The van der Waals surface area contributed by atoms with Gasteiger partial charge in [-0.15, -0.1) is 0 Å². The zero-order valence-corrected chi connectivity index (χ0v) is 22.5. The van der Waals surface area contributed by atoms with Gasteiger partial charge in [0.05, 0.1) is 22.5 Å². The van der Waals surface area contributed by atoms with Crippen LogP contribution >= 0.6 is 0 Å². The molecule has 200 valence electrons. The summed E-state index contributed by atoms with van der Waals surface area (Å²) in [7, 11) is -8.50. The van der Waals surface area contributed by atoms with E-state index in [0.29, 0.717) is 0 Å². The lowest BCUT2D eigenvalue weighted by molar-refractivity contribution is -0.266. The van der Waals surface area contributed by atoms with E-state index >= 15 is 0 Å². The molecule has 0 spiro atoms. The van der Waals surface area contributed by atoms with Gasteiger partial charge in [0.15, 0.2) is 5.79 Å². The van der Waals surface area contributed by atoms with E-state index in [2.05, 4.69) is 0 Å². The van der Waals surface area contributed by atoms with Gasteiger partial charge in [0.25, 0.3) is 20.2 Å². The monoisotopic (exact) mass is 551 g/mol. The van der Waals surface area contributed by atoms with E-state index in [1.807, 2.05) is 19.9 Å². The Morgan fingerprint density at radius 2 is 1.43 bits per heavy atom. The Hall–Kier alpha value is -2.37. The van der Waals surface area contributed by atoms with Crippen LogP contribution in [0.1, 0.15) is 37.8 Å². The third kappa shape index (κ3) is 5.88. The van der Waals surface area contributed by atoms with Gasteiger partial charge in [-0.25, -0.2) is 0 Å². The molecule has 2 aromatic rings. The number of hydrogen-bond acceptors (Lipinski definition) is 10. The highest BCUT2D eigenvalue weighted by Gasteiger charge is 2.66. The van der Waals surface area contributed by atoms with Crippen molar-refractivity contribution < 1.29 is 39.4 Å². The maximum atomic E-state index is 13.2. The average Bonchev–Trinajstić information content (AvgIpc) is 3.24. The molecule has 37 heavy (non-hydrogen) atoms. The van der Waals surface area contributed by atoms with Crippen LogP contribution in [0.5, 0.6) is 0 Å². The van der Waals surface area contributed by atoms with Crippen molar-refractivity contribution in [2.24, 2.45) is 0 Å². The van der Waals surface area contributed by atoms with Crippen molar-refractivity contribution >= 4 is 20.2 Å². The molecule has 2 heterocycles. The molecule has 0 aromatic heterocycles. The SMILES string of the molecule is Cc1ccc(S(=O)(=O)OC[C@@H]2O[C@@]3(CCC#N)OC(C)(C)O[C@H]3[C@@H]2OS(=O)(=O)c2ccc(C)cc2)cc1. The Morgan fingerprint density at radius 3 is 1.97 bits per heavy atom. The predicted octanol–water partition coefficient (Wildman–Crippen LogP) is 3.33. The Kier molecular flexibility index (Phi) is 7.53. The lowest BCUT2D eigenvalue weighted by Crippen LogP contribution is -2.42. The lowest BCUT2D eigenvalue weighted by Gasteiger charge is -2.28. The number of nitriles is 1. The van der Waals surface area contributed by atoms with Crippen LogP contribution in [0.25, 0.3) is 0 Å². The van der Waals surface area contributed by atoms with Crippen molar-refractivity contribution in [3.8, 4) is 6.07 Å². The normalized spacial score (nSPS) is 27.1. The fraction of sp³-hybridized carbons (Fsp3) is 0.480. The molecule has 2 fully saturated rings. The van der Waals surface area contributed by atoms with Gasteiger partial charge in [0, 0.05) is 12.8 Å². The molecule has 2 aliphatic rings. The molecule has 0 bridgehead atoms. The predicted molar refractivity (Wildman–Crippen MR) is 130 cm³/mol. The fourth-order valence-corrected chi connectivity index (χ4v) is 6.40. The number of fused-ring (bicyclic) bond motifs is 1. The zero-order chi connectivity index (χ0) is 27.1. The highest BCUT2D eigenvalue weighted by Crippen LogP contribution is 2.49. The van der Waals surface area contributed by atoms with Crippen molar-refractivity contribution in [1.82, 2.24) is 0 Å². The van der Waals surface area contributed by atoms with E-state index in [-0.39, 0.29) is 22.6 Å². The standard InChI is InChI=1S/C25H29NO9S2/c1-17-6-10-19(11-7-17)36(27,28)31-16-21-22(34-37(29,30)20-12-8-18(2)9-13-20)23-25(32-21,14-5-15-26)35-24(3,4)33-23/h6-13,21-23H,5,14,16H2,1-4H3/t21-,22+,23-,25-/m0/s1. The third-order valence-corrected chi connectivity index (χ3v) is 8.73. The van der Waals surface area contributed by atoms with Gasteiger partial charge < -0.3 is 14.2 Å². The Morgan fingerprint density at radius 1 is 0.892 bits per heavy atom. The van der Waals surface area contributed by atoms with Crippen molar-refractivity contribution in [2.75, 3.05) is 6.61 Å². The highest BCUT2D eigenvalue weighted by molar-refractivity contribution is 7.87. The van der Waals surface area contributed by atoms with E-state index in [1.54, 1.807) is 38.1 Å². The van der Waals surface area contributed by atoms with Gasteiger partial charge in [-0.3, -0.25) is 8.37 Å². The molecule has 10 nitrogen and oxygen atoms in total. The largest absolute Gasteiger partial charge is 0.339 e. The van der Waals surface area contributed by atoms with E-state index in [0.717, 1.165) is 11.1 Å². The van der Waals surface area contributed by atoms with Crippen LogP contribution in [0.2, 0.25) is 0 Å². The smallest absolute Gasteiger partial charge is 0.297 e. The molecule has 0 N–H and O–H groups in total. The minimum atomic E-state index is -4.31. The molecule has 2 aliphatic heterocycles. The molecule has 4 atom stereocenters. The summed E-state index contributed by atoms with van der Waals surface area (Å²) in [6, 6.07) is 14.2. The number of nitrogens with zero attached hydrogens (tertiary/aromatic N) is 1. The molecule has 0 saturated carbocycles. The van der Waals surface area contributed by atoms with E-state index in [4.69, 9.17) is 22.6 Å². The Bertz CT molecular complexity index is 1380. The van der Waals surface area contributed by atoms with Crippen LogP contribution < -0.4 is 0 Å². The summed E-state index contributed by atoms with van der Waals surface area (Å²) in [6.07, 6.45) is -3.54. The van der Waals surface area contributed by atoms with E-state index < -0.39 is 56.7 Å². The molecule has 2 aromatic carbocycles. The molecular formula is C25H29NO9S2. The second-order valence-corrected chi connectivity index (χ2v) is 12.7. The molecule has 4 rings (SSSR count). The summed E-state index contributed by atoms with van der Waals surface area (Å²) < 4.78 is 81.0. The number of ether oxygens (including phenoxy) is 3. The van der Waals surface area contributed by atoms with Crippen molar-refractivity contribution in [3.05, 3.63) is 59.7 Å². The Labute approximate surface area is 217 Å². The average molecular weight is 552 g/mol. The maximum absolute atomic E-state index is 13.2. The molecule has 0 aliphatic carbocycles. The lowest BCUT2D eigenvalue weighted by atomic mass is 10.0. The minimum Gasteiger partial charge on any atom is -0.339 e. The van der Waals surface area contributed by atoms with Gasteiger partial charge in [-0.1, -0.05) is 35.4 Å². The quantitative estimate of drug-likeness (QED) is 0.427. The van der Waals surface area contributed by atoms with Crippen molar-refractivity contribution in [1.29, 1.82) is 5.26 Å². The van der Waals surface area contributed by atoms with E-state index in [9.17, 15) is 22.1 Å². The zero-order valence-electron chi connectivity index (χ0n) is 20.9. The third-order valence-electron chi connectivity index (χ3n) is 6.11. The number of aryl methyl sites for hydroxylation is 2. The second-order valence-electron chi connectivity index (χ2n) is 9.55. The maximum Gasteiger partial charge on any atom is 0.297 e. The molecule has 2 saturated heterocycles. The molecule has 0 unspecified atom stereocenters. The first-order valence-electron chi connectivity index (χ1n) is 11.7. The van der Waals surface area contributed by atoms with Crippen molar-refractivity contribution in [3.63, 3.8) is 0 Å². The second kappa shape index (κ2) is 10.1. The molecule has 0 amide bonds. The van der Waals surface area contributed by atoms with Crippen LogP contribution in [0, 0.1) is 25.2 Å². The molecular weight excluding hydrogens is 522 g/mol. The molecule has 0 radical (unpaired) electrons. The van der Waals surface area contributed by atoms with Crippen molar-refractivity contribution in [2.45, 2.75) is 80.2 Å². The fourth-order valence-electron chi connectivity index (χ4n) is 4.38. The first kappa shape index (κ1) is 27.7. The van der Waals surface area contributed by atoms with Crippen LogP contribution in [0.15, 0.2) is 58.3 Å². The van der Waals surface area contributed by atoms with Crippen LogP contribution in [0.4, 0.5) is 0 Å². The summed E-state index contributed by atoms with van der Waals surface area (Å²) in [4.78, 5) is -0.147. The summed E-state index contributed by atoms with van der Waals surface area (Å²) in [5.74, 6) is -2.70. The van der Waals surface area contributed by atoms with Crippen LogP contribution in [0.3, 0.4) is 0 Å². The topological polar surface area (TPSA) is 138 Å². The van der Waals surface area contributed by atoms with E-state index in [1.165, 1.54) is 24.3 Å². The number of hydrogen-bond donors (Lipinski definition) is 0. The highest BCUT2D eigenvalue weighted by atomic mass is 32.2. The Balaban J connectivity index is 1.65. The van der Waals surface area contributed by atoms with Gasteiger partial charge in [0.2, 0.25) is 5.79 Å². The summed E-state index contributed by atoms with van der Waals surface area (Å²) >= 11 is 0.